The summed E-state index contributed by atoms with van der Waals surface area (Å²) in [5, 5.41) is 15.6. The SMILES string of the molecule is COc1cccc(OC)c1-n1c(NS(=O)(=O)[C@@H](C)Cc2ncc(F)cn2)nnc1-c1cnn(C)n1. The third-order valence-electron chi connectivity index (χ3n) is 5.02. The van der Waals surface area contributed by atoms with Gasteiger partial charge in [-0.1, -0.05) is 6.07 Å². The number of benzene rings is 1. The zero-order chi connectivity index (χ0) is 25.2. The minimum absolute atomic E-state index is 0.0568. The molecule has 0 bridgehead atoms. The third-order valence-corrected chi connectivity index (χ3v) is 6.72. The molecule has 15 heteroatoms. The number of nitrogens with zero attached hydrogens (tertiary/aromatic N) is 8. The first kappa shape index (κ1) is 24.0. The van der Waals surface area contributed by atoms with E-state index >= 15 is 0 Å². The highest BCUT2D eigenvalue weighted by Crippen LogP contribution is 2.37. The molecule has 3 aromatic heterocycles. The lowest BCUT2D eigenvalue weighted by Crippen LogP contribution is -2.29. The summed E-state index contributed by atoms with van der Waals surface area (Å²) < 4.78 is 54.4. The van der Waals surface area contributed by atoms with Crippen molar-refractivity contribution in [2.75, 3.05) is 18.9 Å². The number of aryl methyl sites for hydroxylation is 1. The Hall–Kier alpha value is -4.14. The highest BCUT2D eigenvalue weighted by atomic mass is 32.2. The second-order valence-electron chi connectivity index (χ2n) is 7.39. The zero-order valence-corrected chi connectivity index (χ0v) is 20.1. The van der Waals surface area contributed by atoms with E-state index in [1.54, 1.807) is 25.2 Å². The lowest BCUT2D eigenvalue weighted by atomic mass is 10.2. The molecule has 0 fully saturated rings. The fraction of sp³-hybridized carbons (Fsp3) is 0.300. The summed E-state index contributed by atoms with van der Waals surface area (Å²) in [6.45, 7) is 1.48. The second-order valence-corrected chi connectivity index (χ2v) is 9.49. The summed E-state index contributed by atoms with van der Waals surface area (Å²) in [7, 11) is 0.554. The first-order valence-electron chi connectivity index (χ1n) is 10.2. The van der Waals surface area contributed by atoms with E-state index in [4.69, 9.17) is 9.47 Å². The molecular formula is C20H22FN9O4S. The summed E-state index contributed by atoms with van der Waals surface area (Å²) in [4.78, 5) is 9.00. The highest BCUT2D eigenvalue weighted by Gasteiger charge is 2.29. The van der Waals surface area contributed by atoms with Gasteiger partial charge >= 0.3 is 0 Å². The molecule has 0 aliphatic rings. The largest absolute Gasteiger partial charge is 0.494 e. The van der Waals surface area contributed by atoms with Crippen LogP contribution >= 0.6 is 0 Å². The number of para-hydroxylation sites is 1. The number of rotatable bonds is 9. The van der Waals surface area contributed by atoms with Gasteiger partial charge in [-0.05, 0) is 19.1 Å². The van der Waals surface area contributed by atoms with Gasteiger partial charge < -0.3 is 9.47 Å². The van der Waals surface area contributed by atoms with Crippen LogP contribution in [0.1, 0.15) is 12.7 Å². The molecule has 1 N–H and O–H groups in total. The molecule has 0 saturated carbocycles. The van der Waals surface area contributed by atoms with Gasteiger partial charge in [0.15, 0.2) is 17.3 Å². The van der Waals surface area contributed by atoms with Crippen molar-refractivity contribution in [1.29, 1.82) is 0 Å². The molecule has 0 aliphatic carbocycles. The van der Waals surface area contributed by atoms with E-state index in [9.17, 15) is 12.8 Å². The number of anilines is 1. The third kappa shape index (κ3) is 4.89. The van der Waals surface area contributed by atoms with Crippen molar-refractivity contribution in [3.8, 4) is 28.7 Å². The maximum Gasteiger partial charge on any atom is 0.243 e. The van der Waals surface area contributed by atoms with E-state index in [1.165, 1.54) is 36.7 Å². The first-order chi connectivity index (χ1) is 16.7. The molecule has 35 heavy (non-hydrogen) atoms. The van der Waals surface area contributed by atoms with E-state index < -0.39 is 21.1 Å². The van der Waals surface area contributed by atoms with E-state index in [2.05, 4.69) is 35.1 Å². The van der Waals surface area contributed by atoms with Crippen molar-refractivity contribution >= 4 is 16.0 Å². The lowest BCUT2D eigenvalue weighted by molar-refractivity contribution is 0.391. The molecule has 1 aromatic carbocycles. The van der Waals surface area contributed by atoms with Crippen LogP contribution in [-0.4, -0.2) is 67.6 Å². The predicted molar refractivity (Wildman–Crippen MR) is 122 cm³/mol. The van der Waals surface area contributed by atoms with E-state index in [1.807, 2.05) is 0 Å². The molecule has 0 radical (unpaired) electrons. The van der Waals surface area contributed by atoms with Crippen molar-refractivity contribution in [2.45, 2.75) is 18.6 Å². The summed E-state index contributed by atoms with van der Waals surface area (Å²) in [5.41, 5.74) is 0.696. The maximum absolute atomic E-state index is 13.2. The Labute approximate surface area is 200 Å². The van der Waals surface area contributed by atoms with Gasteiger partial charge in [0, 0.05) is 13.5 Å². The molecule has 3 heterocycles. The average Bonchev–Trinajstić information content (AvgIpc) is 3.45. The molecular weight excluding hydrogens is 481 g/mol. The number of halogens is 1. The Bertz CT molecular complexity index is 1420. The van der Waals surface area contributed by atoms with Gasteiger partial charge in [0.1, 0.15) is 23.0 Å². The van der Waals surface area contributed by atoms with Crippen LogP contribution in [0.4, 0.5) is 10.3 Å². The second kappa shape index (κ2) is 9.61. The van der Waals surface area contributed by atoms with Gasteiger partial charge in [-0.15, -0.1) is 10.2 Å². The summed E-state index contributed by atoms with van der Waals surface area (Å²) in [6, 6.07) is 5.10. The lowest BCUT2D eigenvalue weighted by Gasteiger charge is -2.18. The monoisotopic (exact) mass is 503 g/mol. The maximum atomic E-state index is 13.2. The number of sulfonamides is 1. The normalized spacial score (nSPS) is 12.4. The molecule has 0 aliphatic heterocycles. The van der Waals surface area contributed by atoms with Crippen LogP contribution in [0.2, 0.25) is 0 Å². The van der Waals surface area contributed by atoms with Gasteiger partial charge in [-0.25, -0.2) is 22.8 Å². The van der Waals surface area contributed by atoms with Crippen molar-refractivity contribution < 1.29 is 22.3 Å². The Kier molecular flexibility index (Phi) is 6.59. The van der Waals surface area contributed by atoms with Crippen LogP contribution in [0.3, 0.4) is 0 Å². The molecule has 0 amide bonds. The fourth-order valence-electron chi connectivity index (χ4n) is 3.27. The van der Waals surface area contributed by atoms with Crippen LogP contribution in [0.15, 0.2) is 36.8 Å². The standard InChI is InChI=1S/C20H22FN9O4S/c1-12(8-17-22-9-13(21)10-23-17)35(31,32)28-20-26-25-19(14-11-24-29(2)27-14)30(20)18-15(33-3)6-5-7-16(18)34-4/h5-7,9-12H,8H2,1-4H3,(H,26,28)/t12-/m0/s1. The number of hydrogen-bond donors (Lipinski definition) is 1. The predicted octanol–water partition coefficient (Wildman–Crippen LogP) is 1.38. The van der Waals surface area contributed by atoms with Crippen LogP contribution in [0.5, 0.6) is 11.5 Å². The minimum atomic E-state index is -4.02. The van der Waals surface area contributed by atoms with Gasteiger partial charge in [-0.2, -0.15) is 15.0 Å². The van der Waals surface area contributed by atoms with Crippen molar-refractivity contribution in [2.24, 2.45) is 7.05 Å². The smallest absolute Gasteiger partial charge is 0.243 e. The summed E-state index contributed by atoms with van der Waals surface area (Å²) in [6.07, 6.45) is 3.37. The fourth-order valence-corrected chi connectivity index (χ4v) is 4.22. The number of ether oxygens (including phenoxy) is 2. The Balaban J connectivity index is 1.79. The Morgan fingerprint density at radius 2 is 1.74 bits per heavy atom. The first-order valence-corrected chi connectivity index (χ1v) is 11.8. The van der Waals surface area contributed by atoms with E-state index in [0.717, 1.165) is 12.4 Å². The topological polar surface area (TPSA) is 152 Å². The number of aromatic nitrogens is 8. The quantitative estimate of drug-likeness (QED) is 0.354. The van der Waals surface area contributed by atoms with Crippen LogP contribution in [0, 0.1) is 5.82 Å². The summed E-state index contributed by atoms with van der Waals surface area (Å²) >= 11 is 0. The zero-order valence-electron chi connectivity index (χ0n) is 19.2. The van der Waals surface area contributed by atoms with E-state index in [0.29, 0.717) is 22.9 Å². The molecule has 1 atom stereocenters. The average molecular weight is 504 g/mol. The minimum Gasteiger partial charge on any atom is -0.494 e. The molecule has 0 saturated heterocycles. The van der Waals surface area contributed by atoms with Crippen molar-refractivity contribution in [3.63, 3.8) is 0 Å². The Morgan fingerprint density at radius 1 is 1.09 bits per heavy atom. The molecule has 4 aromatic rings. The molecule has 4 rings (SSSR count). The molecule has 0 unspecified atom stereocenters. The van der Waals surface area contributed by atoms with Crippen LogP contribution in [-0.2, 0) is 23.5 Å². The van der Waals surface area contributed by atoms with Crippen molar-refractivity contribution in [1.82, 2.24) is 39.7 Å². The van der Waals surface area contributed by atoms with Crippen LogP contribution < -0.4 is 14.2 Å². The highest BCUT2D eigenvalue weighted by molar-refractivity contribution is 7.93. The Morgan fingerprint density at radius 3 is 2.31 bits per heavy atom. The van der Waals surface area contributed by atoms with E-state index in [-0.39, 0.29) is 24.0 Å². The van der Waals surface area contributed by atoms with Gasteiger partial charge in [-0.3, -0.25) is 9.29 Å². The summed E-state index contributed by atoms with van der Waals surface area (Å²) in [5.74, 6) is 0.397. The van der Waals surface area contributed by atoms with Crippen molar-refractivity contribution in [3.05, 3.63) is 48.4 Å². The van der Waals surface area contributed by atoms with Gasteiger partial charge in [0.05, 0.1) is 38.1 Å². The molecule has 13 nitrogen and oxygen atoms in total. The number of methoxy groups -OCH3 is 2. The molecule has 184 valence electrons. The van der Waals surface area contributed by atoms with Crippen LogP contribution in [0.25, 0.3) is 17.2 Å². The number of hydrogen-bond acceptors (Lipinski definition) is 10. The van der Waals surface area contributed by atoms with Gasteiger partial charge in [0.25, 0.3) is 0 Å². The molecule has 0 spiro atoms. The van der Waals surface area contributed by atoms with Gasteiger partial charge in [0.2, 0.25) is 16.0 Å². The number of nitrogens with one attached hydrogen (secondary N) is 1.